The Hall–Kier alpha value is -1.11. The maximum absolute atomic E-state index is 12.5. The lowest BCUT2D eigenvalue weighted by atomic mass is 9.98. The predicted molar refractivity (Wildman–Crippen MR) is 96.4 cm³/mol. The van der Waals surface area contributed by atoms with E-state index in [1.165, 1.54) is 4.31 Å². The topological polar surface area (TPSA) is 66.5 Å². The maximum atomic E-state index is 12.5. The number of rotatable bonds is 6. The number of hydrogen-bond acceptors (Lipinski definition) is 3. The minimum absolute atomic E-state index is 0.0890. The van der Waals surface area contributed by atoms with Gasteiger partial charge >= 0.3 is 0 Å². The predicted octanol–water partition coefficient (Wildman–Crippen LogP) is 2.97. The second-order valence-electron chi connectivity index (χ2n) is 6.30. The summed E-state index contributed by atoms with van der Waals surface area (Å²) in [4.78, 5) is 12.5. The summed E-state index contributed by atoms with van der Waals surface area (Å²) in [7, 11) is -3.25. The zero-order valence-corrected chi connectivity index (χ0v) is 15.7. The summed E-state index contributed by atoms with van der Waals surface area (Å²) < 4.78 is 25.9. The molecule has 1 saturated heterocycles. The van der Waals surface area contributed by atoms with Gasteiger partial charge in [0, 0.05) is 18.1 Å². The smallest absolute Gasteiger partial charge is 0.224 e. The Morgan fingerprint density at radius 2 is 2.04 bits per heavy atom. The molecule has 0 aromatic heterocycles. The van der Waals surface area contributed by atoms with Crippen LogP contribution in [0.2, 0.25) is 5.02 Å². The second kappa shape index (κ2) is 8.32. The molecule has 0 unspecified atom stereocenters. The molecule has 0 aliphatic carbocycles. The standard InChI is InChI=1S/C17H25ClN2O3S/c1-3-11-24(22,23)20-10-4-5-15(12-20)17(21)19-13(2)14-6-8-16(18)9-7-14/h6-9,13,15H,3-5,10-12H2,1-2H3,(H,19,21)/t13-,15-/m1/s1. The molecule has 1 amide bonds. The highest BCUT2D eigenvalue weighted by Gasteiger charge is 2.32. The lowest BCUT2D eigenvalue weighted by Gasteiger charge is -2.31. The molecule has 1 heterocycles. The van der Waals surface area contributed by atoms with Gasteiger partial charge in [0.25, 0.3) is 0 Å². The largest absolute Gasteiger partial charge is 0.349 e. The Labute approximate surface area is 149 Å². The Balaban J connectivity index is 1.97. The summed E-state index contributed by atoms with van der Waals surface area (Å²) in [5.74, 6) is -0.239. The third-order valence-electron chi connectivity index (χ3n) is 4.34. The van der Waals surface area contributed by atoms with Gasteiger partial charge in [0.1, 0.15) is 0 Å². The van der Waals surface area contributed by atoms with Gasteiger partial charge < -0.3 is 5.32 Å². The molecule has 5 nitrogen and oxygen atoms in total. The monoisotopic (exact) mass is 372 g/mol. The van der Waals surface area contributed by atoms with E-state index in [4.69, 9.17) is 11.6 Å². The van der Waals surface area contributed by atoms with E-state index >= 15 is 0 Å². The first-order valence-corrected chi connectivity index (χ1v) is 10.4. The first-order chi connectivity index (χ1) is 11.3. The highest BCUT2D eigenvalue weighted by atomic mass is 35.5. The molecule has 1 aliphatic heterocycles. The number of nitrogens with one attached hydrogen (secondary N) is 1. The van der Waals surface area contributed by atoms with Crippen LogP contribution in [0.15, 0.2) is 24.3 Å². The van der Waals surface area contributed by atoms with Gasteiger partial charge in [-0.2, -0.15) is 0 Å². The van der Waals surface area contributed by atoms with Crippen molar-refractivity contribution < 1.29 is 13.2 Å². The number of nitrogens with zero attached hydrogens (tertiary/aromatic N) is 1. The van der Waals surface area contributed by atoms with Gasteiger partial charge in [-0.3, -0.25) is 4.79 Å². The van der Waals surface area contributed by atoms with Crippen LogP contribution < -0.4 is 5.32 Å². The zero-order chi connectivity index (χ0) is 17.7. The minimum Gasteiger partial charge on any atom is -0.349 e. The van der Waals surface area contributed by atoms with Crippen molar-refractivity contribution in [2.75, 3.05) is 18.8 Å². The normalized spacial score (nSPS) is 20.5. The third kappa shape index (κ3) is 4.94. The number of benzene rings is 1. The van der Waals surface area contributed by atoms with Crippen molar-refractivity contribution in [3.8, 4) is 0 Å². The van der Waals surface area contributed by atoms with Crippen molar-refractivity contribution >= 4 is 27.5 Å². The van der Waals surface area contributed by atoms with Crippen molar-refractivity contribution in [3.63, 3.8) is 0 Å². The number of sulfonamides is 1. The van der Waals surface area contributed by atoms with E-state index in [0.29, 0.717) is 18.0 Å². The number of carbonyl (C=O) groups is 1. The molecular formula is C17H25ClN2O3S. The molecule has 7 heteroatoms. The van der Waals surface area contributed by atoms with Crippen LogP contribution in [0.1, 0.15) is 44.7 Å². The van der Waals surface area contributed by atoms with E-state index in [1.807, 2.05) is 26.0 Å². The van der Waals surface area contributed by atoms with Crippen molar-refractivity contribution in [1.82, 2.24) is 9.62 Å². The molecule has 0 saturated carbocycles. The number of amides is 1. The van der Waals surface area contributed by atoms with E-state index in [-0.39, 0.29) is 30.2 Å². The van der Waals surface area contributed by atoms with E-state index in [0.717, 1.165) is 18.4 Å². The summed E-state index contributed by atoms with van der Waals surface area (Å²) >= 11 is 5.88. The fourth-order valence-corrected chi connectivity index (χ4v) is 4.68. The second-order valence-corrected chi connectivity index (χ2v) is 8.82. The van der Waals surface area contributed by atoms with Gasteiger partial charge in [0.2, 0.25) is 15.9 Å². The Bertz CT molecular complexity index is 661. The van der Waals surface area contributed by atoms with E-state index < -0.39 is 10.0 Å². The number of carbonyl (C=O) groups excluding carboxylic acids is 1. The molecule has 1 N–H and O–H groups in total. The van der Waals surface area contributed by atoms with Gasteiger partial charge in [-0.1, -0.05) is 30.7 Å². The van der Waals surface area contributed by atoms with Gasteiger partial charge in [0.05, 0.1) is 17.7 Å². The van der Waals surface area contributed by atoms with Crippen molar-refractivity contribution in [3.05, 3.63) is 34.9 Å². The molecule has 1 aromatic rings. The minimum atomic E-state index is -3.25. The summed E-state index contributed by atoms with van der Waals surface area (Å²) in [5.41, 5.74) is 0.971. The molecule has 134 valence electrons. The number of piperidine rings is 1. The van der Waals surface area contributed by atoms with Gasteiger partial charge in [-0.15, -0.1) is 0 Å². The number of hydrogen-bond donors (Lipinski definition) is 1. The van der Waals surface area contributed by atoms with Crippen LogP contribution >= 0.6 is 11.6 Å². The Morgan fingerprint density at radius 1 is 1.38 bits per heavy atom. The van der Waals surface area contributed by atoms with Gasteiger partial charge in [-0.25, -0.2) is 12.7 Å². The SMILES string of the molecule is CCCS(=O)(=O)N1CCC[C@@H](C(=O)N[C@H](C)c2ccc(Cl)cc2)C1. The lowest BCUT2D eigenvalue weighted by molar-refractivity contribution is -0.126. The third-order valence-corrected chi connectivity index (χ3v) is 6.63. The average Bonchev–Trinajstić information content (AvgIpc) is 2.55. The summed E-state index contributed by atoms with van der Waals surface area (Å²) in [6, 6.07) is 7.20. The molecule has 0 bridgehead atoms. The molecule has 2 atom stereocenters. The van der Waals surface area contributed by atoms with Crippen LogP contribution in [0, 0.1) is 5.92 Å². The van der Waals surface area contributed by atoms with Crippen LogP contribution in [0.4, 0.5) is 0 Å². The first-order valence-electron chi connectivity index (χ1n) is 8.37. The van der Waals surface area contributed by atoms with Crippen molar-refractivity contribution in [2.24, 2.45) is 5.92 Å². The molecule has 1 aliphatic rings. The number of halogens is 1. The zero-order valence-electron chi connectivity index (χ0n) is 14.2. The quantitative estimate of drug-likeness (QED) is 0.834. The van der Waals surface area contributed by atoms with Crippen LogP contribution in [-0.4, -0.2) is 37.5 Å². The lowest BCUT2D eigenvalue weighted by Crippen LogP contribution is -2.46. The molecule has 0 radical (unpaired) electrons. The summed E-state index contributed by atoms with van der Waals surface area (Å²) in [6.45, 7) is 4.55. The van der Waals surface area contributed by atoms with Crippen molar-refractivity contribution in [1.29, 1.82) is 0 Å². The summed E-state index contributed by atoms with van der Waals surface area (Å²) in [5, 5.41) is 3.64. The van der Waals surface area contributed by atoms with Gasteiger partial charge in [0.15, 0.2) is 0 Å². The fraction of sp³-hybridized carbons (Fsp3) is 0.588. The molecule has 2 rings (SSSR count). The molecule has 0 spiro atoms. The first kappa shape index (κ1) is 19.2. The van der Waals surface area contributed by atoms with E-state index in [9.17, 15) is 13.2 Å². The van der Waals surface area contributed by atoms with Gasteiger partial charge in [-0.05, 0) is 43.9 Å². The molecule has 1 aromatic carbocycles. The Morgan fingerprint density at radius 3 is 2.67 bits per heavy atom. The van der Waals surface area contributed by atoms with Crippen molar-refractivity contribution in [2.45, 2.75) is 39.2 Å². The highest BCUT2D eigenvalue weighted by Crippen LogP contribution is 2.22. The van der Waals surface area contributed by atoms with Crippen LogP contribution in [0.5, 0.6) is 0 Å². The molecular weight excluding hydrogens is 348 g/mol. The molecule has 1 fully saturated rings. The maximum Gasteiger partial charge on any atom is 0.224 e. The average molecular weight is 373 g/mol. The highest BCUT2D eigenvalue weighted by molar-refractivity contribution is 7.89. The van der Waals surface area contributed by atoms with E-state index in [1.54, 1.807) is 12.1 Å². The van der Waals surface area contributed by atoms with Crippen LogP contribution in [0.3, 0.4) is 0 Å². The van der Waals surface area contributed by atoms with Crippen LogP contribution in [-0.2, 0) is 14.8 Å². The summed E-state index contributed by atoms with van der Waals surface area (Å²) in [6.07, 6.45) is 2.02. The Kier molecular flexibility index (Phi) is 6.66. The molecule has 24 heavy (non-hydrogen) atoms. The fourth-order valence-electron chi connectivity index (χ4n) is 2.96. The van der Waals surface area contributed by atoms with Crippen LogP contribution in [0.25, 0.3) is 0 Å². The van der Waals surface area contributed by atoms with E-state index in [2.05, 4.69) is 5.32 Å².